The van der Waals surface area contributed by atoms with Gasteiger partial charge in [0.2, 0.25) is 0 Å². The Morgan fingerprint density at radius 3 is 0.952 bits per heavy atom. The second-order valence-electron chi connectivity index (χ2n) is 10.4. The van der Waals surface area contributed by atoms with Crippen LogP contribution in [-0.2, 0) is 9.13 Å². The van der Waals surface area contributed by atoms with Crippen LogP contribution in [0.4, 0.5) is 0 Å². The van der Waals surface area contributed by atoms with Gasteiger partial charge in [0.25, 0.3) is 23.6 Å². The summed E-state index contributed by atoms with van der Waals surface area (Å²) in [5, 5.41) is 4.81. The van der Waals surface area contributed by atoms with Crippen LogP contribution in [0.25, 0.3) is 43.1 Å². The first-order valence-corrected chi connectivity index (χ1v) is 16.4. The number of amides is 4. The van der Waals surface area contributed by atoms with Crippen LogP contribution in [0.1, 0.15) is 41.4 Å². The molecule has 0 spiro atoms. The fourth-order valence-electron chi connectivity index (χ4n) is 6.23. The van der Waals surface area contributed by atoms with E-state index in [-0.39, 0.29) is 22.3 Å². The van der Waals surface area contributed by atoms with E-state index in [4.69, 9.17) is 0 Å². The fraction of sp³-hybridized carbons (Fsp3) is 0.143. The molecule has 12 nitrogen and oxygen atoms in total. The van der Waals surface area contributed by atoms with Crippen molar-refractivity contribution in [1.82, 2.24) is 9.80 Å². The second-order valence-corrected chi connectivity index (χ2v) is 14.0. The van der Waals surface area contributed by atoms with Crippen LogP contribution >= 0.6 is 15.2 Å². The van der Waals surface area contributed by atoms with Gasteiger partial charge in [-0.05, 0) is 56.6 Å². The average molecular weight is 606 g/mol. The number of hydrogen-bond acceptors (Lipinski definition) is 6. The lowest BCUT2D eigenvalue weighted by molar-refractivity contribution is 0.0603. The summed E-state index contributed by atoms with van der Waals surface area (Å²) in [6.07, 6.45) is -1.32. The van der Waals surface area contributed by atoms with Gasteiger partial charge in [0.1, 0.15) is 0 Å². The summed E-state index contributed by atoms with van der Waals surface area (Å²) in [6, 6.07) is 13.1. The van der Waals surface area contributed by atoms with Crippen molar-refractivity contribution in [2.75, 3.05) is 25.4 Å². The zero-order valence-electron chi connectivity index (χ0n) is 21.5. The molecule has 0 saturated heterocycles. The number of nitrogens with zero attached hydrogens (tertiary/aromatic N) is 2. The smallest absolute Gasteiger partial charge is 0.324 e. The summed E-state index contributed by atoms with van der Waals surface area (Å²) in [4.78, 5) is 92.4. The van der Waals surface area contributed by atoms with Gasteiger partial charge in [0.15, 0.2) is 0 Å². The lowest BCUT2D eigenvalue weighted by atomic mass is 9.82. The van der Waals surface area contributed by atoms with E-state index < -0.39 is 64.2 Å². The Bertz CT molecular complexity index is 1920. The van der Waals surface area contributed by atoms with Gasteiger partial charge in [-0.2, -0.15) is 0 Å². The first kappa shape index (κ1) is 26.9. The zero-order valence-corrected chi connectivity index (χ0v) is 23.3. The largest absolute Gasteiger partial charge is 0.327 e. The highest BCUT2D eigenvalue weighted by molar-refractivity contribution is 7.52. The molecule has 0 radical (unpaired) electrons. The molecule has 212 valence electrons. The van der Waals surface area contributed by atoms with E-state index >= 15 is 0 Å². The molecule has 4 N–H and O–H groups in total. The number of hydrogen-bond donors (Lipinski definition) is 4. The lowest BCUT2D eigenvalue weighted by Gasteiger charge is -2.30. The quantitative estimate of drug-likeness (QED) is 0.0966. The third-order valence-corrected chi connectivity index (χ3v) is 9.60. The lowest BCUT2D eigenvalue weighted by Crippen LogP contribution is -2.42. The minimum absolute atomic E-state index is 0.219. The average Bonchev–Trinajstić information content (AvgIpc) is 2.92. The van der Waals surface area contributed by atoms with Gasteiger partial charge in [-0.1, -0.05) is 24.3 Å². The standard InChI is InChI=1S/C28H20N2O10P2/c31-25-17-5-1-13-14-2-6-19-24-20(28(34)30(27(19)33)10-12-42(38,39)40)8-4-16(22(14)24)15-3-7-18(23(17)21(13)15)26(32)29(25)9-11-41(35,36)37/h1-8H,9-12H2,(H2,35,36,37)(H2,38,39,40). The van der Waals surface area contributed by atoms with Gasteiger partial charge in [-0.15, -0.1) is 0 Å². The van der Waals surface area contributed by atoms with Crippen molar-refractivity contribution in [1.29, 1.82) is 0 Å². The Hall–Kier alpha value is -4.02. The number of carbonyl (C=O) groups is 4. The predicted octanol–water partition coefficient (Wildman–Crippen LogP) is 3.28. The van der Waals surface area contributed by atoms with Gasteiger partial charge < -0.3 is 19.6 Å². The maximum atomic E-state index is 13.4. The summed E-state index contributed by atoms with van der Waals surface area (Å²) in [6.45, 7) is -0.874. The molecular weight excluding hydrogens is 586 g/mol. The summed E-state index contributed by atoms with van der Waals surface area (Å²) < 4.78 is 22.9. The molecule has 42 heavy (non-hydrogen) atoms. The number of rotatable bonds is 6. The van der Waals surface area contributed by atoms with Crippen LogP contribution in [0.15, 0.2) is 48.5 Å². The monoisotopic (exact) mass is 606 g/mol. The molecule has 14 heteroatoms. The SMILES string of the molecule is O=C1c2ccc3c4ccc5c6c(ccc(c7ccc(c2c37)C(=O)N1CCP(=O)(O)O)c64)C(=O)N(CCP(=O)(O)O)C5=O. The highest BCUT2D eigenvalue weighted by atomic mass is 31.2. The van der Waals surface area contributed by atoms with Gasteiger partial charge >= 0.3 is 15.2 Å². The molecule has 0 atom stereocenters. The van der Waals surface area contributed by atoms with Crippen LogP contribution in [0.2, 0.25) is 0 Å². The summed E-state index contributed by atoms with van der Waals surface area (Å²) in [5.74, 6) is -2.64. The van der Waals surface area contributed by atoms with Gasteiger partial charge in [-0.3, -0.25) is 38.1 Å². The molecule has 2 aliphatic rings. The molecule has 5 aromatic rings. The van der Waals surface area contributed by atoms with Crippen LogP contribution in [0.5, 0.6) is 0 Å². The van der Waals surface area contributed by atoms with Crippen LogP contribution in [0.3, 0.4) is 0 Å². The van der Waals surface area contributed by atoms with Crippen molar-refractivity contribution in [2.45, 2.75) is 0 Å². The predicted molar refractivity (Wildman–Crippen MR) is 152 cm³/mol. The van der Waals surface area contributed by atoms with E-state index in [1.165, 1.54) is 0 Å². The molecule has 0 saturated carbocycles. The topological polar surface area (TPSA) is 190 Å². The van der Waals surface area contributed by atoms with Crippen molar-refractivity contribution in [3.8, 4) is 0 Å². The minimum atomic E-state index is -4.46. The molecule has 2 aliphatic heterocycles. The summed E-state index contributed by atoms with van der Waals surface area (Å²) in [7, 11) is -8.92. The van der Waals surface area contributed by atoms with Gasteiger partial charge in [0, 0.05) is 46.1 Å². The van der Waals surface area contributed by atoms with Crippen molar-refractivity contribution in [3.63, 3.8) is 0 Å². The number of benzene rings is 5. The summed E-state index contributed by atoms with van der Waals surface area (Å²) in [5.41, 5.74) is 0.874. The second kappa shape index (κ2) is 8.75. The Balaban J connectivity index is 1.46. The van der Waals surface area contributed by atoms with Crippen molar-refractivity contribution < 1.29 is 47.9 Å². The number of fused-ring (bicyclic) bond motifs is 2. The molecule has 0 aliphatic carbocycles. The summed E-state index contributed by atoms with van der Waals surface area (Å²) >= 11 is 0. The highest BCUT2D eigenvalue weighted by Gasteiger charge is 2.37. The van der Waals surface area contributed by atoms with E-state index in [0.29, 0.717) is 43.1 Å². The Kier molecular flexibility index (Phi) is 5.59. The Morgan fingerprint density at radius 2 is 0.714 bits per heavy atom. The molecule has 7 rings (SSSR count). The third-order valence-electron chi connectivity index (χ3n) is 8.03. The van der Waals surface area contributed by atoms with Crippen molar-refractivity contribution >= 4 is 81.9 Å². The minimum Gasteiger partial charge on any atom is -0.324 e. The first-order valence-electron chi connectivity index (χ1n) is 12.8. The molecule has 0 bridgehead atoms. The molecular formula is C28H20N2O10P2. The molecule has 0 fully saturated rings. The van der Waals surface area contributed by atoms with E-state index in [9.17, 15) is 47.9 Å². The van der Waals surface area contributed by atoms with Crippen molar-refractivity contribution in [2.24, 2.45) is 0 Å². The normalized spacial score (nSPS) is 15.8. The third kappa shape index (κ3) is 3.78. The molecule has 2 heterocycles. The maximum absolute atomic E-state index is 13.4. The zero-order chi connectivity index (χ0) is 29.9. The highest BCUT2D eigenvalue weighted by Crippen LogP contribution is 2.46. The van der Waals surface area contributed by atoms with E-state index in [0.717, 1.165) is 9.80 Å². The molecule has 4 amide bonds. The first-order chi connectivity index (χ1) is 19.8. The van der Waals surface area contributed by atoms with Gasteiger partial charge in [-0.25, -0.2) is 0 Å². The number of carbonyl (C=O) groups excluding carboxylic acids is 4. The van der Waals surface area contributed by atoms with E-state index in [2.05, 4.69) is 0 Å². The molecule has 0 unspecified atom stereocenters. The van der Waals surface area contributed by atoms with Crippen LogP contribution in [0, 0.1) is 0 Å². The fourth-order valence-corrected chi connectivity index (χ4v) is 7.16. The maximum Gasteiger partial charge on any atom is 0.327 e. The van der Waals surface area contributed by atoms with E-state index in [1.807, 2.05) is 0 Å². The van der Waals surface area contributed by atoms with Crippen LogP contribution in [-0.4, -0.2) is 78.4 Å². The number of imide groups is 2. The van der Waals surface area contributed by atoms with Crippen molar-refractivity contribution in [3.05, 3.63) is 70.8 Å². The van der Waals surface area contributed by atoms with E-state index in [1.54, 1.807) is 48.5 Å². The van der Waals surface area contributed by atoms with Crippen LogP contribution < -0.4 is 0 Å². The Labute approximate surface area is 235 Å². The Morgan fingerprint density at radius 1 is 0.452 bits per heavy atom. The molecule has 0 aromatic heterocycles. The van der Waals surface area contributed by atoms with Gasteiger partial charge in [0.05, 0.1) is 12.3 Å². The molecule has 5 aromatic carbocycles.